The molecule has 0 aromatic heterocycles. The zero-order valence-electron chi connectivity index (χ0n) is 10.6. The lowest BCUT2D eigenvalue weighted by Crippen LogP contribution is -2.33. The molecule has 1 aliphatic heterocycles. The van der Waals surface area contributed by atoms with Gasteiger partial charge in [0.05, 0.1) is 13.1 Å². The molecule has 1 aromatic rings. The van der Waals surface area contributed by atoms with Crippen LogP contribution in [0.4, 0.5) is 9.18 Å². The van der Waals surface area contributed by atoms with Gasteiger partial charge in [-0.3, -0.25) is 4.90 Å². The number of nitrogens with zero attached hydrogens (tertiary/aromatic N) is 1. The van der Waals surface area contributed by atoms with Gasteiger partial charge in [-0.1, -0.05) is 15.9 Å². The van der Waals surface area contributed by atoms with Crippen molar-refractivity contribution in [3.63, 3.8) is 0 Å². The average Bonchev–Trinajstić information content (AvgIpc) is 2.67. The fourth-order valence-corrected chi connectivity index (χ4v) is 2.37. The molecule has 1 heterocycles. The summed E-state index contributed by atoms with van der Waals surface area (Å²) in [5, 5.41) is 0. The summed E-state index contributed by atoms with van der Waals surface area (Å²) >= 11 is 3.37. The Morgan fingerprint density at radius 3 is 2.50 bits per heavy atom. The zero-order valence-corrected chi connectivity index (χ0v) is 12.2. The van der Waals surface area contributed by atoms with Crippen LogP contribution >= 0.6 is 15.9 Å². The highest BCUT2D eigenvalue weighted by Crippen LogP contribution is 2.32. The van der Waals surface area contributed by atoms with E-state index in [0.29, 0.717) is 12.1 Å². The van der Waals surface area contributed by atoms with Crippen LogP contribution in [-0.2, 0) is 17.8 Å². The van der Waals surface area contributed by atoms with Crippen LogP contribution in [0.2, 0.25) is 0 Å². The molecule has 2 rings (SSSR count). The molecule has 0 saturated carbocycles. The van der Waals surface area contributed by atoms with Crippen molar-refractivity contribution in [3.05, 3.63) is 33.5 Å². The monoisotopic (exact) mass is 315 g/mol. The van der Waals surface area contributed by atoms with Gasteiger partial charge in [0.2, 0.25) is 0 Å². The van der Waals surface area contributed by atoms with Gasteiger partial charge in [0.15, 0.2) is 0 Å². The molecule has 1 amide bonds. The molecule has 0 radical (unpaired) electrons. The molecular weight excluding hydrogens is 301 g/mol. The van der Waals surface area contributed by atoms with Crippen molar-refractivity contribution in [3.8, 4) is 0 Å². The van der Waals surface area contributed by atoms with Crippen molar-refractivity contribution in [2.45, 2.75) is 39.5 Å². The Kier molecular flexibility index (Phi) is 3.36. The standard InChI is InChI=1S/C13H15BrFNO2/c1-13(2,3)18-12(17)16-6-8-9(7-16)11(15)5-4-10(8)14/h4-5H,6-7H2,1-3H3. The Labute approximate surface area is 114 Å². The fraction of sp³-hybridized carbons (Fsp3) is 0.462. The van der Waals surface area contributed by atoms with Gasteiger partial charge in [-0.05, 0) is 38.5 Å². The van der Waals surface area contributed by atoms with E-state index in [-0.39, 0.29) is 12.4 Å². The third kappa shape index (κ3) is 2.66. The SMILES string of the molecule is CC(C)(C)OC(=O)N1Cc2c(F)ccc(Br)c2C1. The van der Waals surface area contributed by atoms with Crippen LogP contribution in [0.5, 0.6) is 0 Å². The third-order valence-corrected chi connectivity index (χ3v) is 3.41. The molecular formula is C13H15BrFNO2. The predicted molar refractivity (Wildman–Crippen MR) is 69.6 cm³/mol. The number of hydrogen-bond acceptors (Lipinski definition) is 2. The number of carbonyl (C=O) groups is 1. The minimum absolute atomic E-state index is 0.259. The van der Waals surface area contributed by atoms with Gasteiger partial charge in [0.1, 0.15) is 11.4 Å². The highest BCUT2D eigenvalue weighted by Gasteiger charge is 2.30. The smallest absolute Gasteiger partial charge is 0.410 e. The van der Waals surface area contributed by atoms with E-state index in [1.165, 1.54) is 11.0 Å². The van der Waals surface area contributed by atoms with Gasteiger partial charge in [-0.25, -0.2) is 9.18 Å². The largest absolute Gasteiger partial charge is 0.444 e. The average molecular weight is 316 g/mol. The molecule has 0 unspecified atom stereocenters. The van der Waals surface area contributed by atoms with Crippen LogP contribution < -0.4 is 0 Å². The van der Waals surface area contributed by atoms with Crippen LogP contribution in [-0.4, -0.2) is 16.6 Å². The van der Waals surface area contributed by atoms with Crippen molar-refractivity contribution in [1.29, 1.82) is 0 Å². The Morgan fingerprint density at radius 2 is 1.94 bits per heavy atom. The highest BCUT2D eigenvalue weighted by atomic mass is 79.9. The maximum atomic E-state index is 13.6. The maximum Gasteiger partial charge on any atom is 0.410 e. The van der Waals surface area contributed by atoms with E-state index in [1.54, 1.807) is 6.07 Å². The van der Waals surface area contributed by atoms with Gasteiger partial charge < -0.3 is 4.74 Å². The van der Waals surface area contributed by atoms with Crippen LogP contribution in [0.1, 0.15) is 31.9 Å². The molecule has 1 aliphatic rings. The molecule has 0 atom stereocenters. The quantitative estimate of drug-likeness (QED) is 0.728. The lowest BCUT2D eigenvalue weighted by molar-refractivity contribution is 0.0241. The number of benzene rings is 1. The minimum Gasteiger partial charge on any atom is -0.444 e. The first-order chi connectivity index (χ1) is 8.28. The number of hydrogen-bond donors (Lipinski definition) is 0. The van der Waals surface area contributed by atoms with E-state index in [0.717, 1.165) is 10.0 Å². The fourth-order valence-electron chi connectivity index (χ4n) is 1.87. The summed E-state index contributed by atoms with van der Waals surface area (Å²) in [5.74, 6) is -0.278. The van der Waals surface area contributed by atoms with Gasteiger partial charge in [0.25, 0.3) is 0 Å². The molecule has 0 spiro atoms. The Morgan fingerprint density at radius 1 is 1.33 bits per heavy atom. The summed E-state index contributed by atoms with van der Waals surface area (Å²) in [6.07, 6.45) is -0.412. The number of fused-ring (bicyclic) bond motifs is 1. The molecule has 0 bridgehead atoms. The van der Waals surface area contributed by atoms with Gasteiger partial charge in [-0.15, -0.1) is 0 Å². The molecule has 98 valence electrons. The first-order valence-corrected chi connectivity index (χ1v) is 6.51. The van der Waals surface area contributed by atoms with Crippen molar-refractivity contribution in [1.82, 2.24) is 4.90 Å². The van der Waals surface area contributed by atoms with Crippen LogP contribution in [0.15, 0.2) is 16.6 Å². The van der Waals surface area contributed by atoms with E-state index >= 15 is 0 Å². The highest BCUT2D eigenvalue weighted by molar-refractivity contribution is 9.10. The summed E-state index contributed by atoms with van der Waals surface area (Å²) in [7, 11) is 0. The van der Waals surface area contributed by atoms with E-state index in [2.05, 4.69) is 15.9 Å². The second-order valence-corrected chi connectivity index (χ2v) is 6.18. The zero-order chi connectivity index (χ0) is 13.5. The van der Waals surface area contributed by atoms with Gasteiger partial charge in [0, 0.05) is 10.0 Å². The summed E-state index contributed by atoms with van der Waals surface area (Å²) in [6.45, 7) is 6.07. The van der Waals surface area contributed by atoms with E-state index in [9.17, 15) is 9.18 Å². The molecule has 0 fully saturated rings. The molecule has 1 aromatic carbocycles. The normalized spacial score (nSPS) is 14.6. The summed E-state index contributed by atoms with van der Waals surface area (Å²) in [4.78, 5) is 13.4. The number of carbonyl (C=O) groups excluding carboxylic acids is 1. The number of ether oxygens (including phenoxy) is 1. The Hall–Kier alpha value is -1.10. The lowest BCUT2D eigenvalue weighted by Gasteiger charge is -2.24. The summed E-state index contributed by atoms with van der Waals surface area (Å²) in [5.41, 5.74) is 0.845. The summed E-state index contributed by atoms with van der Waals surface area (Å²) in [6, 6.07) is 3.06. The second-order valence-electron chi connectivity index (χ2n) is 5.32. The molecule has 18 heavy (non-hydrogen) atoms. The molecule has 0 N–H and O–H groups in total. The molecule has 3 nitrogen and oxygen atoms in total. The van der Waals surface area contributed by atoms with E-state index in [4.69, 9.17) is 4.74 Å². The number of halogens is 2. The first kappa shape index (κ1) is 13.3. The van der Waals surface area contributed by atoms with Crippen molar-refractivity contribution in [2.24, 2.45) is 0 Å². The topological polar surface area (TPSA) is 29.5 Å². The van der Waals surface area contributed by atoms with E-state index < -0.39 is 11.7 Å². The van der Waals surface area contributed by atoms with Gasteiger partial charge >= 0.3 is 6.09 Å². The molecule has 0 saturated heterocycles. The summed E-state index contributed by atoms with van der Waals surface area (Å²) < 4.78 is 19.8. The van der Waals surface area contributed by atoms with Crippen molar-refractivity contribution >= 4 is 22.0 Å². The van der Waals surface area contributed by atoms with Crippen LogP contribution in [0, 0.1) is 5.82 Å². The first-order valence-electron chi connectivity index (χ1n) is 5.71. The predicted octanol–water partition coefficient (Wildman–Crippen LogP) is 3.84. The van der Waals surface area contributed by atoms with Crippen LogP contribution in [0.25, 0.3) is 0 Å². The number of rotatable bonds is 0. The van der Waals surface area contributed by atoms with E-state index in [1.807, 2.05) is 20.8 Å². The molecule has 5 heteroatoms. The Balaban J connectivity index is 2.18. The minimum atomic E-state index is -0.540. The third-order valence-electron chi connectivity index (χ3n) is 2.67. The Bertz CT molecular complexity index is 465. The number of amides is 1. The van der Waals surface area contributed by atoms with Crippen molar-refractivity contribution in [2.75, 3.05) is 0 Å². The van der Waals surface area contributed by atoms with Crippen LogP contribution in [0.3, 0.4) is 0 Å². The van der Waals surface area contributed by atoms with Crippen molar-refractivity contribution < 1.29 is 13.9 Å². The van der Waals surface area contributed by atoms with Gasteiger partial charge in [-0.2, -0.15) is 0 Å². The lowest BCUT2D eigenvalue weighted by atomic mass is 10.1. The second kappa shape index (κ2) is 4.53. The maximum absolute atomic E-state index is 13.6. The molecule has 0 aliphatic carbocycles.